The topological polar surface area (TPSA) is 47.6 Å². The number of rotatable bonds is 8. The lowest BCUT2D eigenvalue weighted by molar-refractivity contribution is 0.0934. The zero-order valence-electron chi connectivity index (χ0n) is 11.7. The van der Waals surface area contributed by atoms with E-state index in [-0.39, 0.29) is 5.91 Å². The third-order valence-electron chi connectivity index (χ3n) is 3.21. The van der Waals surface area contributed by atoms with Crippen molar-refractivity contribution in [1.29, 1.82) is 0 Å². The predicted octanol–water partition coefficient (Wildman–Crippen LogP) is 2.90. The molecule has 110 valence electrons. The van der Waals surface area contributed by atoms with Crippen LogP contribution in [0.25, 0.3) is 0 Å². The Morgan fingerprint density at radius 2 is 2.25 bits per heavy atom. The van der Waals surface area contributed by atoms with Crippen LogP contribution in [0.2, 0.25) is 5.02 Å². The van der Waals surface area contributed by atoms with E-state index < -0.39 is 0 Å². The average Bonchev–Trinajstić information content (AvgIpc) is 3.26. The zero-order valence-corrected chi connectivity index (χ0v) is 12.4. The Kier molecular flexibility index (Phi) is 5.68. The summed E-state index contributed by atoms with van der Waals surface area (Å²) in [5.74, 6) is 1.13. The van der Waals surface area contributed by atoms with Gasteiger partial charge < -0.3 is 14.8 Å². The van der Waals surface area contributed by atoms with E-state index >= 15 is 0 Å². The lowest BCUT2D eigenvalue weighted by Crippen LogP contribution is -2.25. The molecule has 1 aromatic rings. The molecule has 0 bridgehead atoms. The van der Waals surface area contributed by atoms with Crippen LogP contribution in [0.15, 0.2) is 18.2 Å². The van der Waals surface area contributed by atoms with E-state index in [0.29, 0.717) is 29.5 Å². The van der Waals surface area contributed by atoms with Gasteiger partial charge in [-0.25, -0.2) is 0 Å². The van der Waals surface area contributed by atoms with Crippen molar-refractivity contribution in [2.75, 3.05) is 26.9 Å². The van der Waals surface area contributed by atoms with Crippen molar-refractivity contribution in [3.63, 3.8) is 0 Å². The Morgan fingerprint density at radius 3 is 2.95 bits per heavy atom. The van der Waals surface area contributed by atoms with Crippen LogP contribution in [0.4, 0.5) is 0 Å². The van der Waals surface area contributed by atoms with Crippen LogP contribution in [0.1, 0.15) is 29.6 Å². The SMILES string of the molecule is COc1ccc(Cl)cc1C(=O)NCCCOCC1CC1. The monoisotopic (exact) mass is 297 g/mol. The summed E-state index contributed by atoms with van der Waals surface area (Å²) in [5.41, 5.74) is 0.457. The maximum atomic E-state index is 12.0. The van der Waals surface area contributed by atoms with Crippen LogP contribution in [-0.4, -0.2) is 32.8 Å². The average molecular weight is 298 g/mol. The van der Waals surface area contributed by atoms with Crippen LogP contribution >= 0.6 is 11.6 Å². The first kappa shape index (κ1) is 15.1. The van der Waals surface area contributed by atoms with Crippen molar-refractivity contribution in [1.82, 2.24) is 5.32 Å². The van der Waals surface area contributed by atoms with Gasteiger partial charge >= 0.3 is 0 Å². The Bertz CT molecular complexity index is 460. The van der Waals surface area contributed by atoms with Gasteiger partial charge in [-0.2, -0.15) is 0 Å². The van der Waals surface area contributed by atoms with E-state index in [1.165, 1.54) is 20.0 Å². The normalized spacial score (nSPS) is 14.1. The van der Waals surface area contributed by atoms with Crippen molar-refractivity contribution in [2.45, 2.75) is 19.3 Å². The zero-order chi connectivity index (χ0) is 14.4. The van der Waals surface area contributed by atoms with Crippen molar-refractivity contribution in [3.8, 4) is 5.75 Å². The molecule has 1 amide bonds. The molecule has 0 spiro atoms. The molecular formula is C15H20ClNO3. The molecule has 1 fully saturated rings. The Balaban J connectivity index is 1.71. The standard InChI is InChI=1S/C15H20ClNO3/c1-19-14-6-5-12(16)9-13(14)15(18)17-7-2-8-20-10-11-3-4-11/h5-6,9,11H,2-4,7-8,10H2,1H3,(H,17,18). The molecule has 1 aliphatic carbocycles. The predicted molar refractivity (Wildman–Crippen MR) is 78.5 cm³/mol. The first-order valence-corrected chi connectivity index (χ1v) is 7.28. The molecule has 20 heavy (non-hydrogen) atoms. The number of methoxy groups -OCH3 is 1. The molecule has 5 heteroatoms. The fourth-order valence-corrected chi connectivity index (χ4v) is 2.04. The van der Waals surface area contributed by atoms with Crippen LogP contribution in [-0.2, 0) is 4.74 Å². The molecule has 0 unspecified atom stereocenters. The van der Waals surface area contributed by atoms with Crippen molar-refractivity contribution in [2.24, 2.45) is 5.92 Å². The van der Waals surface area contributed by atoms with Gasteiger partial charge in [-0.1, -0.05) is 11.6 Å². The molecule has 1 aromatic carbocycles. The van der Waals surface area contributed by atoms with E-state index in [2.05, 4.69) is 5.32 Å². The number of hydrogen-bond acceptors (Lipinski definition) is 3. The highest BCUT2D eigenvalue weighted by Crippen LogP contribution is 2.28. The third-order valence-corrected chi connectivity index (χ3v) is 3.44. The van der Waals surface area contributed by atoms with Gasteiger partial charge in [-0.15, -0.1) is 0 Å². The van der Waals surface area contributed by atoms with Gasteiger partial charge in [0.1, 0.15) is 5.75 Å². The number of halogens is 1. The number of hydrogen-bond donors (Lipinski definition) is 1. The molecule has 0 saturated heterocycles. The van der Waals surface area contributed by atoms with E-state index in [1.54, 1.807) is 18.2 Å². The summed E-state index contributed by atoms with van der Waals surface area (Å²) in [6.07, 6.45) is 3.40. The number of benzene rings is 1. The number of carbonyl (C=O) groups is 1. The maximum absolute atomic E-state index is 12.0. The second-order valence-corrected chi connectivity index (χ2v) is 5.41. The minimum Gasteiger partial charge on any atom is -0.496 e. The van der Waals surface area contributed by atoms with Gasteiger partial charge in [0, 0.05) is 24.8 Å². The molecule has 4 nitrogen and oxygen atoms in total. The summed E-state index contributed by atoms with van der Waals surface area (Å²) < 4.78 is 10.7. The van der Waals surface area contributed by atoms with Gasteiger partial charge in [-0.05, 0) is 43.4 Å². The number of ether oxygens (including phenoxy) is 2. The van der Waals surface area contributed by atoms with Gasteiger partial charge in [0.15, 0.2) is 0 Å². The second-order valence-electron chi connectivity index (χ2n) is 4.97. The summed E-state index contributed by atoms with van der Waals surface area (Å²) in [5, 5.41) is 3.36. The first-order valence-electron chi connectivity index (χ1n) is 6.90. The Morgan fingerprint density at radius 1 is 1.45 bits per heavy atom. The number of amides is 1. The van der Waals surface area contributed by atoms with Gasteiger partial charge in [-0.3, -0.25) is 4.79 Å². The summed E-state index contributed by atoms with van der Waals surface area (Å²) in [4.78, 5) is 12.0. The van der Waals surface area contributed by atoms with E-state index in [0.717, 1.165) is 18.9 Å². The molecule has 1 N–H and O–H groups in total. The second kappa shape index (κ2) is 7.50. The largest absolute Gasteiger partial charge is 0.496 e. The van der Waals surface area contributed by atoms with Crippen LogP contribution in [0, 0.1) is 5.92 Å². The lowest BCUT2D eigenvalue weighted by Gasteiger charge is -2.10. The minimum atomic E-state index is -0.174. The molecule has 1 aliphatic rings. The van der Waals surface area contributed by atoms with Gasteiger partial charge in [0.05, 0.1) is 12.7 Å². The summed E-state index contributed by atoms with van der Waals surface area (Å²) in [6, 6.07) is 5.00. The number of nitrogens with one attached hydrogen (secondary N) is 1. The quantitative estimate of drug-likeness (QED) is 0.751. The van der Waals surface area contributed by atoms with Crippen LogP contribution in [0.5, 0.6) is 5.75 Å². The molecular weight excluding hydrogens is 278 g/mol. The van der Waals surface area contributed by atoms with E-state index in [4.69, 9.17) is 21.1 Å². The van der Waals surface area contributed by atoms with E-state index in [1.807, 2.05) is 0 Å². The molecule has 0 heterocycles. The summed E-state index contributed by atoms with van der Waals surface area (Å²) >= 11 is 5.90. The highest BCUT2D eigenvalue weighted by molar-refractivity contribution is 6.31. The van der Waals surface area contributed by atoms with E-state index in [9.17, 15) is 4.79 Å². The third kappa shape index (κ3) is 4.69. The van der Waals surface area contributed by atoms with Gasteiger partial charge in [0.2, 0.25) is 0 Å². The molecule has 1 saturated carbocycles. The lowest BCUT2D eigenvalue weighted by atomic mass is 10.2. The molecule has 0 aromatic heterocycles. The molecule has 2 rings (SSSR count). The van der Waals surface area contributed by atoms with Gasteiger partial charge in [0.25, 0.3) is 5.91 Å². The van der Waals surface area contributed by atoms with Crippen LogP contribution < -0.4 is 10.1 Å². The van der Waals surface area contributed by atoms with Crippen molar-refractivity contribution < 1.29 is 14.3 Å². The molecule has 0 atom stereocenters. The van der Waals surface area contributed by atoms with Crippen molar-refractivity contribution in [3.05, 3.63) is 28.8 Å². The maximum Gasteiger partial charge on any atom is 0.255 e. The molecule has 0 aliphatic heterocycles. The Hall–Kier alpha value is -1.26. The summed E-state index contributed by atoms with van der Waals surface area (Å²) in [6.45, 7) is 2.12. The fraction of sp³-hybridized carbons (Fsp3) is 0.533. The summed E-state index contributed by atoms with van der Waals surface area (Å²) in [7, 11) is 1.53. The molecule has 0 radical (unpaired) electrons. The fourth-order valence-electron chi connectivity index (χ4n) is 1.86. The smallest absolute Gasteiger partial charge is 0.255 e. The van der Waals surface area contributed by atoms with Crippen LogP contribution in [0.3, 0.4) is 0 Å². The highest BCUT2D eigenvalue weighted by atomic mass is 35.5. The minimum absolute atomic E-state index is 0.174. The number of carbonyl (C=O) groups excluding carboxylic acids is 1. The first-order chi connectivity index (χ1) is 9.70. The highest BCUT2D eigenvalue weighted by Gasteiger charge is 2.20. The van der Waals surface area contributed by atoms with Crippen molar-refractivity contribution >= 4 is 17.5 Å². The Labute approximate surface area is 124 Å².